The van der Waals surface area contributed by atoms with Gasteiger partial charge in [0.1, 0.15) is 6.54 Å². The molecule has 0 aliphatic carbocycles. The average molecular weight is 353 g/mol. The molecule has 0 fully saturated rings. The highest BCUT2D eigenvalue weighted by molar-refractivity contribution is 5.76. The van der Waals surface area contributed by atoms with Crippen LogP contribution in [0, 0.1) is 0 Å². The summed E-state index contributed by atoms with van der Waals surface area (Å²) in [6.07, 6.45) is -2.56. The van der Waals surface area contributed by atoms with Crippen molar-refractivity contribution in [2.75, 3.05) is 13.1 Å². The Morgan fingerprint density at radius 1 is 1.24 bits per heavy atom. The summed E-state index contributed by atoms with van der Waals surface area (Å²) in [5.41, 5.74) is 0.777. The lowest BCUT2D eigenvalue weighted by molar-refractivity contribution is -0.160. The molecule has 0 saturated heterocycles. The van der Waals surface area contributed by atoms with Gasteiger partial charge < -0.3 is 9.32 Å². The molecule has 0 atom stereocenters. The molecule has 2 aromatic rings. The summed E-state index contributed by atoms with van der Waals surface area (Å²) in [6, 6.07) is 9.19. The van der Waals surface area contributed by atoms with Crippen LogP contribution in [0.5, 0.6) is 0 Å². The molecule has 1 aromatic carbocycles. The predicted octanol–water partition coefficient (Wildman–Crippen LogP) is 3.64. The quantitative estimate of drug-likeness (QED) is 0.680. The van der Waals surface area contributed by atoms with E-state index in [1.54, 1.807) is 0 Å². The third kappa shape index (κ3) is 6.06. The maximum Gasteiger partial charge on any atom is 0.406 e. The van der Waals surface area contributed by atoms with Crippen molar-refractivity contribution in [3.63, 3.8) is 0 Å². The van der Waals surface area contributed by atoms with E-state index in [0.717, 1.165) is 10.5 Å². The van der Waals surface area contributed by atoms with Crippen LogP contribution in [0.1, 0.15) is 18.7 Å². The average Bonchev–Trinajstić information content (AvgIpc) is 3.03. The molecular formula is C17H18F3N3O2. The Balaban J connectivity index is 1.86. The fourth-order valence-electron chi connectivity index (χ4n) is 2.23. The Morgan fingerprint density at radius 2 is 1.96 bits per heavy atom. The molecule has 5 nitrogen and oxygen atoms in total. The minimum atomic E-state index is -4.43. The van der Waals surface area contributed by atoms with Crippen LogP contribution in [0.4, 0.5) is 13.2 Å². The summed E-state index contributed by atoms with van der Waals surface area (Å²) in [6.45, 7) is 1.95. The van der Waals surface area contributed by atoms with Crippen molar-refractivity contribution >= 4 is 5.91 Å². The molecule has 0 bridgehead atoms. The molecule has 0 spiro atoms. The van der Waals surface area contributed by atoms with E-state index < -0.39 is 18.6 Å². The van der Waals surface area contributed by atoms with E-state index >= 15 is 0 Å². The molecule has 2 rings (SSSR count). The Bertz CT molecular complexity index is 699. The van der Waals surface area contributed by atoms with Crippen molar-refractivity contribution in [3.8, 4) is 11.5 Å². The molecule has 8 heteroatoms. The standard InChI is InChI=1S/C17H18F3N3O2/c1-2-11-23(12-17(18,19)20)15(24)10-6-9-14-21-22-16(25-14)13-7-4-3-5-8-13/h2-5,7-8H,1,6,9-12H2. The molecule has 25 heavy (non-hydrogen) atoms. The van der Waals surface area contributed by atoms with Gasteiger partial charge in [-0.25, -0.2) is 0 Å². The van der Waals surface area contributed by atoms with Crippen LogP contribution in [0.2, 0.25) is 0 Å². The second-order valence-electron chi connectivity index (χ2n) is 5.40. The zero-order valence-electron chi connectivity index (χ0n) is 13.5. The van der Waals surface area contributed by atoms with Crippen molar-refractivity contribution in [1.82, 2.24) is 15.1 Å². The van der Waals surface area contributed by atoms with Gasteiger partial charge in [-0.15, -0.1) is 16.8 Å². The zero-order valence-corrected chi connectivity index (χ0v) is 13.5. The first kappa shape index (κ1) is 18.7. The van der Waals surface area contributed by atoms with Gasteiger partial charge in [0.2, 0.25) is 17.7 Å². The largest absolute Gasteiger partial charge is 0.421 e. The fourth-order valence-corrected chi connectivity index (χ4v) is 2.23. The molecule has 0 aliphatic heterocycles. The summed E-state index contributed by atoms with van der Waals surface area (Å²) < 4.78 is 42.9. The summed E-state index contributed by atoms with van der Waals surface area (Å²) in [4.78, 5) is 12.7. The number of nitrogens with zero attached hydrogens (tertiary/aromatic N) is 3. The number of aromatic nitrogens is 2. The van der Waals surface area contributed by atoms with Gasteiger partial charge in [-0.2, -0.15) is 13.2 Å². The molecule has 0 aliphatic rings. The molecule has 0 unspecified atom stereocenters. The Labute approximate surface area is 143 Å². The second kappa shape index (κ2) is 8.46. The number of rotatable bonds is 8. The van der Waals surface area contributed by atoms with E-state index in [4.69, 9.17) is 4.42 Å². The first-order valence-corrected chi connectivity index (χ1v) is 7.72. The number of halogens is 3. The first-order chi connectivity index (χ1) is 11.9. The van der Waals surface area contributed by atoms with Gasteiger partial charge in [0, 0.05) is 24.9 Å². The highest BCUT2D eigenvalue weighted by Gasteiger charge is 2.32. The van der Waals surface area contributed by atoms with E-state index in [-0.39, 0.29) is 13.0 Å². The predicted molar refractivity (Wildman–Crippen MR) is 85.5 cm³/mol. The van der Waals surface area contributed by atoms with Crippen LogP contribution in [-0.2, 0) is 11.2 Å². The summed E-state index contributed by atoms with van der Waals surface area (Å²) in [5, 5.41) is 7.82. The third-order valence-electron chi connectivity index (χ3n) is 3.34. The van der Waals surface area contributed by atoms with Gasteiger partial charge in [0.15, 0.2) is 0 Å². The SMILES string of the molecule is C=CCN(CC(F)(F)F)C(=O)CCCc1nnc(-c2ccccc2)o1. The molecule has 0 N–H and O–H groups in total. The van der Waals surface area contributed by atoms with Crippen LogP contribution in [0.3, 0.4) is 0 Å². The fraction of sp³-hybridized carbons (Fsp3) is 0.353. The van der Waals surface area contributed by atoms with Gasteiger partial charge in [-0.3, -0.25) is 4.79 Å². The monoisotopic (exact) mass is 353 g/mol. The van der Waals surface area contributed by atoms with Crippen LogP contribution in [0.15, 0.2) is 47.4 Å². The van der Waals surface area contributed by atoms with E-state index in [0.29, 0.717) is 24.6 Å². The van der Waals surface area contributed by atoms with Crippen LogP contribution >= 0.6 is 0 Å². The topological polar surface area (TPSA) is 59.2 Å². The number of alkyl halides is 3. The third-order valence-corrected chi connectivity index (χ3v) is 3.34. The number of carbonyl (C=O) groups is 1. The van der Waals surface area contributed by atoms with E-state index in [2.05, 4.69) is 16.8 Å². The van der Waals surface area contributed by atoms with E-state index in [1.807, 2.05) is 30.3 Å². The lowest BCUT2D eigenvalue weighted by atomic mass is 10.2. The minimum Gasteiger partial charge on any atom is -0.421 e. The van der Waals surface area contributed by atoms with Gasteiger partial charge in [-0.05, 0) is 18.6 Å². The number of carbonyl (C=O) groups excluding carboxylic acids is 1. The van der Waals surface area contributed by atoms with Crippen LogP contribution in [0.25, 0.3) is 11.5 Å². The number of amides is 1. The maximum atomic E-state index is 12.5. The zero-order chi connectivity index (χ0) is 18.3. The van der Waals surface area contributed by atoms with Crippen LogP contribution < -0.4 is 0 Å². The van der Waals surface area contributed by atoms with E-state index in [9.17, 15) is 18.0 Å². The maximum absolute atomic E-state index is 12.5. The Morgan fingerprint density at radius 3 is 2.60 bits per heavy atom. The summed E-state index contributed by atoms with van der Waals surface area (Å²) in [7, 11) is 0. The molecule has 0 radical (unpaired) electrons. The smallest absolute Gasteiger partial charge is 0.406 e. The van der Waals surface area contributed by atoms with Crippen molar-refractivity contribution in [2.24, 2.45) is 0 Å². The number of benzene rings is 1. The highest BCUT2D eigenvalue weighted by Crippen LogP contribution is 2.19. The van der Waals surface area contributed by atoms with Gasteiger partial charge in [0.25, 0.3) is 0 Å². The normalized spacial score (nSPS) is 11.3. The van der Waals surface area contributed by atoms with Crippen molar-refractivity contribution in [1.29, 1.82) is 0 Å². The van der Waals surface area contributed by atoms with Crippen molar-refractivity contribution < 1.29 is 22.4 Å². The van der Waals surface area contributed by atoms with Crippen LogP contribution in [-0.4, -0.2) is 40.3 Å². The van der Waals surface area contributed by atoms with Gasteiger partial charge in [-0.1, -0.05) is 24.3 Å². The highest BCUT2D eigenvalue weighted by atomic mass is 19.4. The lowest BCUT2D eigenvalue weighted by Crippen LogP contribution is -2.39. The van der Waals surface area contributed by atoms with Gasteiger partial charge in [0.05, 0.1) is 0 Å². The van der Waals surface area contributed by atoms with Crippen molar-refractivity contribution in [3.05, 3.63) is 48.9 Å². The summed E-state index contributed by atoms with van der Waals surface area (Å²) in [5.74, 6) is 0.130. The molecular weight excluding hydrogens is 335 g/mol. The minimum absolute atomic E-state index is 0.0348. The number of hydrogen-bond acceptors (Lipinski definition) is 4. The summed E-state index contributed by atoms with van der Waals surface area (Å²) >= 11 is 0. The van der Waals surface area contributed by atoms with E-state index in [1.165, 1.54) is 6.08 Å². The Kier molecular flexibility index (Phi) is 6.32. The number of hydrogen-bond donors (Lipinski definition) is 0. The molecule has 1 heterocycles. The molecule has 1 aromatic heterocycles. The first-order valence-electron chi connectivity index (χ1n) is 7.72. The second-order valence-corrected chi connectivity index (χ2v) is 5.40. The van der Waals surface area contributed by atoms with Gasteiger partial charge >= 0.3 is 6.18 Å². The molecule has 1 amide bonds. The number of aryl methyl sites for hydroxylation is 1. The van der Waals surface area contributed by atoms with Crippen molar-refractivity contribution in [2.45, 2.75) is 25.4 Å². The lowest BCUT2D eigenvalue weighted by Gasteiger charge is -2.22. The Hall–Kier alpha value is -2.64. The molecule has 0 saturated carbocycles. The molecule has 134 valence electrons.